The van der Waals surface area contributed by atoms with Crippen molar-refractivity contribution in [2.75, 3.05) is 26.1 Å². The zero-order chi connectivity index (χ0) is 20.9. The molecule has 0 unspecified atom stereocenters. The monoisotopic (exact) mass is 401 g/mol. The van der Waals surface area contributed by atoms with Gasteiger partial charge in [0.15, 0.2) is 0 Å². The van der Waals surface area contributed by atoms with Crippen LogP contribution in [0, 0.1) is 0 Å². The first-order valence-electron chi connectivity index (χ1n) is 9.75. The Bertz CT molecular complexity index is 1210. The first kappa shape index (κ1) is 19.5. The summed E-state index contributed by atoms with van der Waals surface area (Å²) in [5, 5.41) is 8.05. The van der Waals surface area contributed by atoms with Gasteiger partial charge in [0.25, 0.3) is 0 Å². The highest BCUT2D eigenvalue weighted by Crippen LogP contribution is 2.35. The second kappa shape index (κ2) is 8.69. The normalized spacial score (nSPS) is 10.7. The number of nitrogens with zero attached hydrogens (tertiary/aromatic N) is 1. The molecule has 2 N–H and O–H groups in total. The number of hydrogen-bond donors (Lipinski definition) is 2. The number of aromatic nitrogens is 1. The molecule has 0 bridgehead atoms. The number of fused-ring (bicyclic) bond motifs is 2. The summed E-state index contributed by atoms with van der Waals surface area (Å²) in [7, 11) is 3.21. The Morgan fingerprint density at radius 2 is 1.80 bits per heavy atom. The highest BCUT2D eigenvalue weighted by molar-refractivity contribution is 6.09. The molecular formula is C24H23N3O3. The molecule has 0 aliphatic rings. The van der Waals surface area contributed by atoms with Gasteiger partial charge in [-0.3, -0.25) is 0 Å². The molecule has 0 saturated heterocycles. The maximum atomic E-state index is 11.2. The third kappa shape index (κ3) is 4.12. The van der Waals surface area contributed by atoms with E-state index in [1.54, 1.807) is 14.2 Å². The Balaban J connectivity index is 1.70. The van der Waals surface area contributed by atoms with E-state index in [1.165, 1.54) is 0 Å². The van der Waals surface area contributed by atoms with Crippen LogP contribution in [0.25, 0.3) is 21.8 Å². The number of pyridine rings is 1. The van der Waals surface area contributed by atoms with Crippen LogP contribution < -0.4 is 15.4 Å². The van der Waals surface area contributed by atoms with Gasteiger partial charge in [-0.2, -0.15) is 0 Å². The average Bonchev–Trinajstić information content (AvgIpc) is 2.78. The van der Waals surface area contributed by atoms with Gasteiger partial charge in [0.2, 0.25) is 0 Å². The van der Waals surface area contributed by atoms with E-state index in [4.69, 9.17) is 14.5 Å². The molecule has 1 aromatic heterocycles. The van der Waals surface area contributed by atoms with E-state index in [1.807, 2.05) is 54.6 Å². The van der Waals surface area contributed by atoms with Crippen LogP contribution in [0.1, 0.15) is 5.56 Å². The predicted molar refractivity (Wildman–Crippen MR) is 120 cm³/mol. The molecule has 30 heavy (non-hydrogen) atoms. The largest absolute Gasteiger partial charge is 0.497 e. The molecule has 6 heteroatoms. The highest BCUT2D eigenvalue weighted by Gasteiger charge is 2.11. The van der Waals surface area contributed by atoms with Gasteiger partial charge in [-0.1, -0.05) is 30.3 Å². The van der Waals surface area contributed by atoms with E-state index in [-0.39, 0.29) is 0 Å². The molecule has 0 fully saturated rings. The summed E-state index contributed by atoms with van der Waals surface area (Å²) in [6.07, 6.45) is 0.210. The van der Waals surface area contributed by atoms with Crippen molar-refractivity contribution in [2.45, 2.75) is 6.42 Å². The number of anilines is 2. The third-order valence-electron chi connectivity index (χ3n) is 4.91. The highest BCUT2D eigenvalue weighted by atomic mass is 16.5. The SMILES string of the molecule is CNC(=O)OCCc1cccc(Nc2c3ccccc3nc3ccc(OC)cc23)c1. The number of methoxy groups -OCH3 is 1. The second-order valence-electron chi connectivity index (χ2n) is 6.85. The summed E-state index contributed by atoms with van der Waals surface area (Å²) in [6.45, 7) is 0.321. The maximum absolute atomic E-state index is 11.2. The molecule has 0 aliphatic carbocycles. The Hall–Kier alpha value is -3.80. The number of carbonyl (C=O) groups excluding carboxylic acids is 1. The standard InChI is InChI=1S/C24H23N3O3/c1-25-24(28)30-13-12-16-6-5-7-17(14-16)26-23-19-8-3-4-9-21(19)27-22-11-10-18(29-2)15-20(22)23/h3-11,14-15H,12-13H2,1-2H3,(H,25,28)(H,26,27). The minimum atomic E-state index is -0.423. The van der Waals surface area contributed by atoms with Crippen molar-refractivity contribution in [1.29, 1.82) is 0 Å². The number of alkyl carbamates (subject to hydrolysis) is 1. The summed E-state index contributed by atoms with van der Waals surface area (Å²) in [6, 6.07) is 22.0. The van der Waals surface area contributed by atoms with E-state index in [0.717, 1.165) is 44.5 Å². The van der Waals surface area contributed by atoms with Crippen molar-refractivity contribution in [3.63, 3.8) is 0 Å². The fraction of sp³-hybridized carbons (Fsp3) is 0.167. The maximum Gasteiger partial charge on any atom is 0.406 e. The van der Waals surface area contributed by atoms with Gasteiger partial charge in [0.1, 0.15) is 5.75 Å². The Kier molecular flexibility index (Phi) is 5.66. The molecule has 152 valence electrons. The van der Waals surface area contributed by atoms with Gasteiger partial charge in [0.05, 0.1) is 30.4 Å². The van der Waals surface area contributed by atoms with Crippen molar-refractivity contribution in [1.82, 2.24) is 10.3 Å². The van der Waals surface area contributed by atoms with Gasteiger partial charge >= 0.3 is 6.09 Å². The van der Waals surface area contributed by atoms with Gasteiger partial charge in [-0.25, -0.2) is 9.78 Å². The van der Waals surface area contributed by atoms with Crippen molar-refractivity contribution >= 4 is 39.3 Å². The second-order valence-corrected chi connectivity index (χ2v) is 6.85. The first-order chi connectivity index (χ1) is 14.7. The Labute approximate surface area is 174 Å². The summed E-state index contributed by atoms with van der Waals surface area (Å²) < 4.78 is 10.5. The molecule has 0 saturated carbocycles. The third-order valence-corrected chi connectivity index (χ3v) is 4.91. The van der Waals surface area contributed by atoms with Crippen LogP contribution in [0.4, 0.5) is 16.2 Å². The first-order valence-corrected chi connectivity index (χ1v) is 9.75. The predicted octanol–water partition coefficient (Wildman–Crippen LogP) is 5.04. The summed E-state index contributed by atoms with van der Waals surface area (Å²) in [5.41, 5.74) is 4.82. The van der Waals surface area contributed by atoms with Crippen LogP contribution in [-0.2, 0) is 11.2 Å². The molecular weight excluding hydrogens is 378 g/mol. The summed E-state index contributed by atoms with van der Waals surface area (Å²) in [5.74, 6) is 0.780. The van der Waals surface area contributed by atoms with Gasteiger partial charge < -0.3 is 20.1 Å². The van der Waals surface area contributed by atoms with Crippen LogP contribution >= 0.6 is 0 Å². The minimum absolute atomic E-state index is 0.321. The van der Waals surface area contributed by atoms with Crippen LogP contribution in [0.5, 0.6) is 5.75 Å². The Morgan fingerprint density at radius 1 is 0.967 bits per heavy atom. The molecule has 1 amide bonds. The minimum Gasteiger partial charge on any atom is -0.497 e. The average molecular weight is 401 g/mol. The number of amides is 1. The lowest BCUT2D eigenvalue weighted by molar-refractivity contribution is 0.150. The molecule has 3 aromatic carbocycles. The van der Waals surface area contributed by atoms with Gasteiger partial charge in [-0.05, 0) is 42.0 Å². The van der Waals surface area contributed by atoms with Crippen LogP contribution in [0.3, 0.4) is 0 Å². The molecule has 4 aromatic rings. The van der Waals surface area contributed by atoms with E-state index < -0.39 is 6.09 Å². The van der Waals surface area contributed by atoms with E-state index in [0.29, 0.717) is 13.0 Å². The lowest BCUT2D eigenvalue weighted by atomic mass is 10.1. The van der Waals surface area contributed by atoms with Crippen LogP contribution in [0.15, 0.2) is 66.7 Å². The van der Waals surface area contributed by atoms with Crippen LogP contribution in [0.2, 0.25) is 0 Å². The van der Waals surface area contributed by atoms with E-state index in [2.05, 4.69) is 22.8 Å². The van der Waals surface area contributed by atoms with E-state index in [9.17, 15) is 4.79 Å². The van der Waals surface area contributed by atoms with Crippen LogP contribution in [-0.4, -0.2) is 31.8 Å². The quantitative estimate of drug-likeness (QED) is 0.443. The molecule has 0 radical (unpaired) electrons. The number of para-hydroxylation sites is 1. The smallest absolute Gasteiger partial charge is 0.406 e. The number of benzene rings is 3. The van der Waals surface area contributed by atoms with Gasteiger partial charge in [0, 0.05) is 29.9 Å². The van der Waals surface area contributed by atoms with Crippen molar-refractivity contribution in [2.24, 2.45) is 0 Å². The lowest BCUT2D eigenvalue weighted by Crippen LogP contribution is -2.20. The van der Waals surface area contributed by atoms with Crippen molar-refractivity contribution < 1.29 is 14.3 Å². The number of ether oxygens (including phenoxy) is 2. The molecule has 0 atom stereocenters. The fourth-order valence-electron chi connectivity index (χ4n) is 3.41. The van der Waals surface area contributed by atoms with E-state index >= 15 is 0 Å². The lowest BCUT2D eigenvalue weighted by Gasteiger charge is -2.15. The molecule has 6 nitrogen and oxygen atoms in total. The summed E-state index contributed by atoms with van der Waals surface area (Å²) >= 11 is 0. The number of hydrogen-bond acceptors (Lipinski definition) is 5. The number of rotatable bonds is 6. The zero-order valence-corrected chi connectivity index (χ0v) is 16.9. The molecule has 0 aliphatic heterocycles. The molecule has 4 rings (SSSR count). The summed E-state index contributed by atoms with van der Waals surface area (Å²) in [4.78, 5) is 16.0. The zero-order valence-electron chi connectivity index (χ0n) is 16.9. The topological polar surface area (TPSA) is 72.5 Å². The number of carbonyl (C=O) groups is 1. The number of nitrogens with one attached hydrogen (secondary N) is 2. The fourth-order valence-corrected chi connectivity index (χ4v) is 3.41. The van der Waals surface area contributed by atoms with Crippen molar-refractivity contribution in [3.8, 4) is 5.75 Å². The van der Waals surface area contributed by atoms with Gasteiger partial charge in [-0.15, -0.1) is 0 Å². The Morgan fingerprint density at radius 3 is 2.63 bits per heavy atom. The molecule has 0 spiro atoms. The molecule has 1 heterocycles. The van der Waals surface area contributed by atoms with Crippen molar-refractivity contribution in [3.05, 3.63) is 72.3 Å².